The average Bonchev–Trinajstić information content (AvgIpc) is 3.32. The summed E-state index contributed by atoms with van der Waals surface area (Å²) in [6.07, 6.45) is -2.78. The van der Waals surface area contributed by atoms with E-state index >= 15 is 0 Å². The van der Waals surface area contributed by atoms with Gasteiger partial charge in [0.15, 0.2) is 0 Å². The van der Waals surface area contributed by atoms with Gasteiger partial charge in [0, 0.05) is 50.4 Å². The first-order valence-electron chi connectivity index (χ1n) is 12.1. The molecule has 192 valence electrons. The van der Waals surface area contributed by atoms with E-state index in [0.717, 1.165) is 23.5 Å². The molecular formula is C28H26ClF3N4O. The van der Waals surface area contributed by atoms with Crippen molar-refractivity contribution < 1.29 is 18.0 Å². The van der Waals surface area contributed by atoms with Gasteiger partial charge in [0.05, 0.1) is 22.0 Å². The molecule has 1 unspecified atom stereocenters. The molecule has 1 atom stereocenters. The van der Waals surface area contributed by atoms with Crippen molar-refractivity contribution in [3.63, 3.8) is 0 Å². The molecule has 1 aliphatic rings. The quantitative estimate of drug-likeness (QED) is 0.311. The van der Waals surface area contributed by atoms with Gasteiger partial charge >= 0.3 is 6.18 Å². The number of alkyl halides is 3. The highest BCUT2D eigenvalue weighted by atomic mass is 35.5. The third-order valence-electron chi connectivity index (χ3n) is 6.93. The maximum atomic E-state index is 13.5. The Kier molecular flexibility index (Phi) is 6.86. The monoisotopic (exact) mass is 526 g/mol. The van der Waals surface area contributed by atoms with Crippen molar-refractivity contribution >= 4 is 28.8 Å². The number of rotatable bonds is 5. The molecule has 4 aromatic rings. The minimum Gasteiger partial charge on any atom is -0.367 e. The Labute approximate surface area is 218 Å². The lowest BCUT2D eigenvalue weighted by Crippen LogP contribution is -2.49. The van der Waals surface area contributed by atoms with Crippen LogP contribution in [0.15, 0.2) is 72.9 Å². The van der Waals surface area contributed by atoms with E-state index in [0.29, 0.717) is 48.1 Å². The number of benzene rings is 2. The second kappa shape index (κ2) is 10.1. The van der Waals surface area contributed by atoms with Crippen molar-refractivity contribution in [3.05, 3.63) is 100 Å². The fraction of sp³-hybridized carbons (Fsp3) is 0.286. The summed E-state index contributed by atoms with van der Waals surface area (Å²) in [5, 5.41) is 0.662. The normalized spacial score (nSPS) is 15.3. The van der Waals surface area contributed by atoms with E-state index in [-0.39, 0.29) is 12.3 Å². The van der Waals surface area contributed by atoms with Crippen LogP contribution in [0.1, 0.15) is 34.9 Å². The zero-order chi connectivity index (χ0) is 26.2. The SMILES string of the molecule is Cc1cccc2ncc(C(CC(=O)N3CCN(c4ccccc4Cl)CC3)c3cccc(C(F)(F)F)c3)n12. The van der Waals surface area contributed by atoms with Crippen LogP contribution in [0.4, 0.5) is 18.9 Å². The van der Waals surface area contributed by atoms with Gasteiger partial charge in [0.1, 0.15) is 5.65 Å². The summed E-state index contributed by atoms with van der Waals surface area (Å²) in [4.78, 5) is 21.9. The molecule has 1 amide bonds. The summed E-state index contributed by atoms with van der Waals surface area (Å²) in [5.74, 6) is -0.697. The molecule has 9 heteroatoms. The Bertz CT molecular complexity index is 1430. The van der Waals surface area contributed by atoms with Crippen molar-refractivity contribution in [1.29, 1.82) is 0 Å². The van der Waals surface area contributed by atoms with Crippen LogP contribution in [0.3, 0.4) is 0 Å². The van der Waals surface area contributed by atoms with Crippen LogP contribution in [-0.2, 0) is 11.0 Å². The van der Waals surface area contributed by atoms with Crippen molar-refractivity contribution in [2.24, 2.45) is 0 Å². The predicted octanol–water partition coefficient (Wildman–Crippen LogP) is 6.19. The maximum absolute atomic E-state index is 13.5. The number of fused-ring (bicyclic) bond motifs is 1. The molecule has 0 aliphatic carbocycles. The number of imidazole rings is 1. The Morgan fingerprint density at radius 3 is 2.46 bits per heavy atom. The highest BCUT2D eigenvalue weighted by molar-refractivity contribution is 6.33. The number of pyridine rings is 1. The van der Waals surface area contributed by atoms with E-state index < -0.39 is 17.7 Å². The smallest absolute Gasteiger partial charge is 0.367 e. The molecule has 0 spiro atoms. The van der Waals surface area contributed by atoms with Crippen LogP contribution < -0.4 is 4.90 Å². The molecule has 5 rings (SSSR count). The Morgan fingerprint density at radius 2 is 1.73 bits per heavy atom. The van der Waals surface area contributed by atoms with E-state index in [2.05, 4.69) is 9.88 Å². The van der Waals surface area contributed by atoms with Crippen molar-refractivity contribution in [3.8, 4) is 0 Å². The zero-order valence-corrected chi connectivity index (χ0v) is 21.0. The Balaban J connectivity index is 1.43. The molecule has 3 heterocycles. The summed E-state index contributed by atoms with van der Waals surface area (Å²) >= 11 is 6.34. The van der Waals surface area contributed by atoms with E-state index in [1.54, 1.807) is 17.2 Å². The molecule has 1 aliphatic heterocycles. The van der Waals surface area contributed by atoms with Gasteiger partial charge < -0.3 is 14.2 Å². The molecule has 1 fully saturated rings. The molecule has 2 aromatic heterocycles. The molecular weight excluding hydrogens is 501 g/mol. The molecule has 0 N–H and O–H groups in total. The van der Waals surface area contributed by atoms with Crippen LogP contribution in [0.25, 0.3) is 5.65 Å². The highest BCUT2D eigenvalue weighted by Gasteiger charge is 2.33. The topological polar surface area (TPSA) is 40.9 Å². The van der Waals surface area contributed by atoms with Gasteiger partial charge in [-0.3, -0.25) is 4.79 Å². The van der Waals surface area contributed by atoms with Gasteiger partial charge in [-0.2, -0.15) is 13.2 Å². The van der Waals surface area contributed by atoms with Crippen LogP contribution >= 0.6 is 11.6 Å². The number of amides is 1. The fourth-order valence-electron chi connectivity index (χ4n) is 5.01. The highest BCUT2D eigenvalue weighted by Crippen LogP contribution is 2.35. The summed E-state index contributed by atoms with van der Waals surface area (Å²) < 4.78 is 42.5. The zero-order valence-electron chi connectivity index (χ0n) is 20.3. The predicted molar refractivity (Wildman–Crippen MR) is 138 cm³/mol. The van der Waals surface area contributed by atoms with Crippen molar-refractivity contribution in [2.75, 3.05) is 31.1 Å². The molecule has 5 nitrogen and oxygen atoms in total. The van der Waals surface area contributed by atoms with Gasteiger partial charge in [-0.15, -0.1) is 0 Å². The van der Waals surface area contributed by atoms with E-state index in [4.69, 9.17) is 11.6 Å². The number of para-hydroxylation sites is 1. The maximum Gasteiger partial charge on any atom is 0.416 e. The van der Waals surface area contributed by atoms with Crippen LogP contribution in [0.2, 0.25) is 5.02 Å². The van der Waals surface area contributed by atoms with Gasteiger partial charge in [0.25, 0.3) is 0 Å². The number of aryl methyl sites for hydroxylation is 1. The number of anilines is 1. The van der Waals surface area contributed by atoms with E-state index in [1.165, 1.54) is 6.07 Å². The summed E-state index contributed by atoms with van der Waals surface area (Å²) in [5.41, 5.74) is 2.90. The lowest BCUT2D eigenvalue weighted by Gasteiger charge is -2.37. The van der Waals surface area contributed by atoms with Crippen LogP contribution in [0, 0.1) is 6.92 Å². The molecule has 0 bridgehead atoms. The van der Waals surface area contributed by atoms with Crippen molar-refractivity contribution in [1.82, 2.24) is 14.3 Å². The molecule has 2 aromatic carbocycles. The third-order valence-corrected chi connectivity index (χ3v) is 7.25. The lowest BCUT2D eigenvalue weighted by atomic mass is 9.90. The first kappa shape index (κ1) is 25.1. The summed E-state index contributed by atoms with van der Waals surface area (Å²) in [7, 11) is 0. The first-order valence-corrected chi connectivity index (χ1v) is 12.5. The van der Waals surface area contributed by atoms with Crippen LogP contribution in [0.5, 0.6) is 0 Å². The Morgan fingerprint density at radius 1 is 1.00 bits per heavy atom. The average molecular weight is 527 g/mol. The molecule has 37 heavy (non-hydrogen) atoms. The van der Waals surface area contributed by atoms with Gasteiger partial charge in [-0.1, -0.05) is 48.0 Å². The first-order chi connectivity index (χ1) is 17.7. The molecule has 0 saturated carbocycles. The van der Waals surface area contributed by atoms with Gasteiger partial charge in [-0.25, -0.2) is 4.98 Å². The second-order valence-electron chi connectivity index (χ2n) is 9.24. The minimum atomic E-state index is -4.48. The van der Waals surface area contributed by atoms with Gasteiger partial charge in [-0.05, 0) is 42.8 Å². The number of aromatic nitrogens is 2. The number of nitrogens with zero attached hydrogens (tertiary/aromatic N) is 4. The Hall–Kier alpha value is -3.52. The number of carbonyl (C=O) groups excluding carboxylic acids is 1. The number of piperazine rings is 1. The second-order valence-corrected chi connectivity index (χ2v) is 9.65. The summed E-state index contributed by atoms with van der Waals surface area (Å²) in [6.45, 7) is 4.17. The summed E-state index contributed by atoms with van der Waals surface area (Å²) in [6, 6.07) is 18.5. The number of halogens is 4. The lowest BCUT2D eigenvalue weighted by molar-refractivity contribution is -0.137. The van der Waals surface area contributed by atoms with Crippen molar-refractivity contribution in [2.45, 2.75) is 25.4 Å². The van der Waals surface area contributed by atoms with Crippen LogP contribution in [-0.4, -0.2) is 46.4 Å². The molecule has 0 radical (unpaired) electrons. The van der Waals surface area contributed by atoms with E-state index in [9.17, 15) is 18.0 Å². The largest absolute Gasteiger partial charge is 0.416 e. The van der Waals surface area contributed by atoms with Gasteiger partial charge in [0.2, 0.25) is 5.91 Å². The number of hydrogen-bond acceptors (Lipinski definition) is 3. The number of hydrogen-bond donors (Lipinski definition) is 0. The van der Waals surface area contributed by atoms with E-state index in [1.807, 2.05) is 53.8 Å². The standard InChI is InChI=1S/C28H26ClF3N4O/c1-19-6-4-11-26-33-18-25(36(19)26)22(20-7-5-8-21(16-20)28(30,31)32)17-27(37)35-14-12-34(13-15-35)24-10-3-2-9-23(24)29/h2-11,16,18,22H,12-15,17H2,1H3. The number of carbonyl (C=O) groups is 1. The third kappa shape index (κ3) is 5.16. The fourth-order valence-corrected chi connectivity index (χ4v) is 5.26. The molecule has 1 saturated heterocycles. The minimum absolute atomic E-state index is 0.0372.